The maximum Gasteiger partial charge on any atom is 0.409 e. The molecule has 0 spiro atoms. The van der Waals surface area contributed by atoms with E-state index in [0.717, 1.165) is 26.2 Å². The number of anilines is 1. The predicted octanol–water partition coefficient (Wildman–Crippen LogP) is 3.09. The Morgan fingerprint density at radius 2 is 1.85 bits per heavy atom. The number of carbonyl (C=O) groups is 1. The summed E-state index contributed by atoms with van der Waals surface area (Å²) in [6, 6.07) is 8.54. The zero-order valence-electron chi connectivity index (χ0n) is 12.6. The molecule has 1 fully saturated rings. The Balaban J connectivity index is 2.02. The molecule has 1 aliphatic rings. The van der Waals surface area contributed by atoms with Gasteiger partial charge in [0.2, 0.25) is 0 Å². The van der Waals surface area contributed by atoms with E-state index < -0.39 is 0 Å². The van der Waals surface area contributed by atoms with Crippen molar-refractivity contribution in [2.24, 2.45) is 0 Å². The third-order valence-corrected chi connectivity index (χ3v) is 3.71. The number of amides is 1. The summed E-state index contributed by atoms with van der Waals surface area (Å²) in [5.74, 6) is 0.509. The molecule has 1 amide bonds. The molecule has 0 saturated carbocycles. The maximum absolute atomic E-state index is 11.7. The lowest BCUT2D eigenvalue weighted by molar-refractivity contribution is 0.105. The van der Waals surface area contributed by atoms with Crippen LogP contribution in [0.5, 0.6) is 0 Å². The predicted molar refractivity (Wildman–Crippen MR) is 81.3 cm³/mol. The average Bonchev–Trinajstić information content (AvgIpc) is 2.47. The second kappa shape index (κ2) is 6.64. The molecule has 20 heavy (non-hydrogen) atoms. The molecule has 110 valence electrons. The van der Waals surface area contributed by atoms with E-state index in [1.807, 2.05) is 6.92 Å². The maximum atomic E-state index is 11.7. The highest BCUT2D eigenvalue weighted by Crippen LogP contribution is 2.28. The lowest BCUT2D eigenvalue weighted by Gasteiger charge is -2.36. The molecule has 0 N–H and O–H groups in total. The molecular formula is C16H24N2O2. The van der Waals surface area contributed by atoms with Crippen LogP contribution in [0.25, 0.3) is 0 Å². The molecule has 0 radical (unpaired) electrons. The number of para-hydroxylation sites is 1. The van der Waals surface area contributed by atoms with E-state index in [9.17, 15) is 4.79 Å². The molecule has 0 bridgehead atoms. The summed E-state index contributed by atoms with van der Waals surface area (Å²) in [5, 5.41) is 0. The molecule has 1 aromatic carbocycles. The van der Waals surface area contributed by atoms with Gasteiger partial charge in [-0.1, -0.05) is 32.0 Å². The summed E-state index contributed by atoms with van der Waals surface area (Å²) >= 11 is 0. The quantitative estimate of drug-likeness (QED) is 0.850. The van der Waals surface area contributed by atoms with Crippen molar-refractivity contribution in [2.75, 3.05) is 37.7 Å². The van der Waals surface area contributed by atoms with Crippen LogP contribution in [0.3, 0.4) is 0 Å². The molecule has 0 aromatic heterocycles. The fourth-order valence-corrected chi connectivity index (χ4v) is 2.61. The molecule has 0 aliphatic carbocycles. The Bertz CT molecular complexity index is 452. The third kappa shape index (κ3) is 3.24. The fraction of sp³-hybridized carbons (Fsp3) is 0.562. The first-order chi connectivity index (χ1) is 9.63. The monoisotopic (exact) mass is 276 g/mol. The van der Waals surface area contributed by atoms with Gasteiger partial charge in [0.05, 0.1) is 6.61 Å². The van der Waals surface area contributed by atoms with Crippen molar-refractivity contribution < 1.29 is 9.53 Å². The Morgan fingerprint density at radius 3 is 2.45 bits per heavy atom. The Hall–Kier alpha value is -1.71. The molecule has 4 nitrogen and oxygen atoms in total. The van der Waals surface area contributed by atoms with E-state index >= 15 is 0 Å². The Kier molecular flexibility index (Phi) is 4.88. The first-order valence-electron chi connectivity index (χ1n) is 7.39. The fourth-order valence-electron chi connectivity index (χ4n) is 2.61. The topological polar surface area (TPSA) is 32.8 Å². The van der Waals surface area contributed by atoms with Crippen LogP contribution in [-0.4, -0.2) is 43.8 Å². The molecule has 1 saturated heterocycles. The summed E-state index contributed by atoms with van der Waals surface area (Å²) in [7, 11) is 0. The van der Waals surface area contributed by atoms with Crippen LogP contribution in [0, 0.1) is 0 Å². The number of piperazine rings is 1. The molecule has 0 unspecified atom stereocenters. The number of hydrogen-bond donors (Lipinski definition) is 0. The minimum atomic E-state index is -0.190. The number of benzene rings is 1. The SMILES string of the molecule is CCOC(=O)N1CCN(c2ccccc2C(C)C)CC1. The molecular weight excluding hydrogens is 252 g/mol. The first kappa shape index (κ1) is 14.7. The van der Waals surface area contributed by atoms with Crippen LogP contribution in [0.2, 0.25) is 0 Å². The van der Waals surface area contributed by atoms with Crippen molar-refractivity contribution in [2.45, 2.75) is 26.7 Å². The molecule has 1 heterocycles. The minimum absolute atomic E-state index is 0.190. The highest BCUT2D eigenvalue weighted by atomic mass is 16.6. The van der Waals surface area contributed by atoms with Gasteiger partial charge in [0, 0.05) is 31.9 Å². The first-order valence-corrected chi connectivity index (χ1v) is 7.39. The summed E-state index contributed by atoms with van der Waals surface area (Å²) < 4.78 is 5.05. The lowest BCUT2D eigenvalue weighted by atomic mass is 10.00. The highest BCUT2D eigenvalue weighted by Gasteiger charge is 2.23. The normalized spacial score (nSPS) is 15.6. The van der Waals surface area contributed by atoms with Gasteiger partial charge in [-0.2, -0.15) is 0 Å². The van der Waals surface area contributed by atoms with Gasteiger partial charge in [0.15, 0.2) is 0 Å². The zero-order valence-corrected chi connectivity index (χ0v) is 12.6. The van der Waals surface area contributed by atoms with Crippen molar-refractivity contribution in [3.63, 3.8) is 0 Å². The van der Waals surface area contributed by atoms with Gasteiger partial charge >= 0.3 is 6.09 Å². The van der Waals surface area contributed by atoms with Crippen LogP contribution in [-0.2, 0) is 4.74 Å². The van der Waals surface area contributed by atoms with Crippen LogP contribution < -0.4 is 4.90 Å². The smallest absolute Gasteiger partial charge is 0.409 e. The summed E-state index contributed by atoms with van der Waals surface area (Å²) in [4.78, 5) is 15.9. The van der Waals surface area contributed by atoms with E-state index in [4.69, 9.17) is 4.74 Å². The van der Waals surface area contributed by atoms with Crippen LogP contribution in [0.4, 0.5) is 10.5 Å². The van der Waals surface area contributed by atoms with Crippen LogP contribution in [0.1, 0.15) is 32.3 Å². The second-order valence-electron chi connectivity index (χ2n) is 5.39. The summed E-state index contributed by atoms with van der Waals surface area (Å²) in [5.41, 5.74) is 2.67. The van der Waals surface area contributed by atoms with Crippen molar-refractivity contribution in [3.8, 4) is 0 Å². The van der Waals surface area contributed by atoms with Crippen molar-refractivity contribution >= 4 is 11.8 Å². The number of ether oxygens (including phenoxy) is 1. The number of hydrogen-bond acceptors (Lipinski definition) is 3. The van der Waals surface area contributed by atoms with Crippen molar-refractivity contribution in [1.29, 1.82) is 0 Å². The molecule has 1 aliphatic heterocycles. The van der Waals surface area contributed by atoms with Crippen molar-refractivity contribution in [1.82, 2.24) is 4.90 Å². The summed E-state index contributed by atoms with van der Waals surface area (Å²) in [6.45, 7) is 9.89. The Morgan fingerprint density at radius 1 is 1.20 bits per heavy atom. The van der Waals surface area contributed by atoms with Gasteiger partial charge in [-0.3, -0.25) is 0 Å². The number of carbonyl (C=O) groups excluding carboxylic acids is 1. The van der Waals surface area contributed by atoms with Crippen LogP contribution >= 0.6 is 0 Å². The molecule has 1 aromatic rings. The summed E-state index contributed by atoms with van der Waals surface area (Å²) in [6.07, 6.45) is -0.190. The standard InChI is InChI=1S/C16H24N2O2/c1-4-20-16(19)18-11-9-17(10-12-18)15-8-6-5-7-14(15)13(2)3/h5-8,13H,4,9-12H2,1-3H3. The minimum Gasteiger partial charge on any atom is -0.450 e. The average molecular weight is 276 g/mol. The number of rotatable bonds is 3. The molecule has 0 atom stereocenters. The number of nitrogens with zero attached hydrogens (tertiary/aromatic N) is 2. The van der Waals surface area contributed by atoms with Crippen molar-refractivity contribution in [3.05, 3.63) is 29.8 Å². The van der Waals surface area contributed by atoms with E-state index in [1.165, 1.54) is 11.3 Å². The van der Waals surface area contributed by atoms with E-state index in [2.05, 4.69) is 43.0 Å². The van der Waals surface area contributed by atoms with Gasteiger partial charge in [-0.15, -0.1) is 0 Å². The Labute approximate surface area is 121 Å². The van der Waals surface area contributed by atoms with Gasteiger partial charge in [-0.05, 0) is 24.5 Å². The van der Waals surface area contributed by atoms with Gasteiger partial charge in [-0.25, -0.2) is 4.79 Å². The van der Waals surface area contributed by atoms with E-state index in [-0.39, 0.29) is 6.09 Å². The van der Waals surface area contributed by atoms with Gasteiger partial charge in [0.1, 0.15) is 0 Å². The zero-order chi connectivity index (χ0) is 14.5. The third-order valence-electron chi connectivity index (χ3n) is 3.71. The largest absolute Gasteiger partial charge is 0.450 e. The van der Waals surface area contributed by atoms with E-state index in [0.29, 0.717) is 12.5 Å². The van der Waals surface area contributed by atoms with E-state index in [1.54, 1.807) is 4.90 Å². The van der Waals surface area contributed by atoms with Crippen LogP contribution in [0.15, 0.2) is 24.3 Å². The second-order valence-corrected chi connectivity index (χ2v) is 5.39. The molecule has 2 rings (SSSR count). The molecule has 4 heteroatoms. The highest BCUT2D eigenvalue weighted by molar-refractivity contribution is 5.68. The van der Waals surface area contributed by atoms with Gasteiger partial charge < -0.3 is 14.5 Å². The lowest BCUT2D eigenvalue weighted by Crippen LogP contribution is -2.49. The van der Waals surface area contributed by atoms with Gasteiger partial charge in [0.25, 0.3) is 0 Å².